The summed E-state index contributed by atoms with van der Waals surface area (Å²) in [6.45, 7) is 0.415. The summed E-state index contributed by atoms with van der Waals surface area (Å²) >= 11 is 5.96. The van der Waals surface area contributed by atoms with Crippen molar-refractivity contribution in [1.82, 2.24) is 5.32 Å². The zero-order valence-corrected chi connectivity index (χ0v) is 14.9. The van der Waals surface area contributed by atoms with Crippen LogP contribution in [0.3, 0.4) is 0 Å². The van der Waals surface area contributed by atoms with Gasteiger partial charge in [-0.15, -0.1) is 0 Å². The molecule has 0 atom stereocenters. The Morgan fingerprint density at radius 2 is 1.46 bits per heavy atom. The summed E-state index contributed by atoms with van der Waals surface area (Å²) in [5.41, 5.74) is 2.25. The fraction of sp³-hybridized carbons (Fsp3) is 0.136. The smallest absolute Gasteiger partial charge is 0.255 e. The largest absolute Gasteiger partial charge is 0.352 e. The number of halogens is 2. The van der Waals surface area contributed by atoms with Crippen molar-refractivity contribution in [3.05, 3.63) is 106 Å². The summed E-state index contributed by atoms with van der Waals surface area (Å²) < 4.78 is 13.9. The number of benzene rings is 3. The van der Waals surface area contributed by atoms with Crippen molar-refractivity contribution in [2.45, 2.75) is 12.3 Å². The minimum atomic E-state index is -0.613. The zero-order valence-electron chi connectivity index (χ0n) is 14.2. The van der Waals surface area contributed by atoms with Crippen LogP contribution in [0, 0.1) is 5.82 Å². The molecule has 2 nitrogen and oxygen atoms in total. The van der Waals surface area contributed by atoms with Crippen LogP contribution in [0.4, 0.5) is 4.39 Å². The van der Waals surface area contributed by atoms with Crippen LogP contribution in [0.25, 0.3) is 0 Å². The molecule has 3 aromatic rings. The van der Waals surface area contributed by atoms with Crippen LogP contribution in [0.15, 0.2) is 78.9 Å². The molecule has 0 aliphatic heterocycles. The molecule has 0 aliphatic rings. The molecule has 0 heterocycles. The molecular weight excluding hydrogens is 349 g/mol. The number of hydrogen-bond donors (Lipinski definition) is 1. The first-order chi connectivity index (χ1) is 12.7. The molecule has 0 spiro atoms. The molecule has 0 saturated carbocycles. The SMILES string of the molecule is O=C(NCCC(c1ccccc1)c1ccccc1)c1c(F)cccc1Cl. The molecule has 3 aromatic carbocycles. The summed E-state index contributed by atoms with van der Waals surface area (Å²) in [6, 6.07) is 24.5. The zero-order chi connectivity index (χ0) is 18.4. The van der Waals surface area contributed by atoms with Gasteiger partial charge in [0.25, 0.3) is 5.91 Å². The Balaban J connectivity index is 1.72. The Morgan fingerprint density at radius 1 is 0.885 bits per heavy atom. The fourth-order valence-corrected chi connectivity index (χ4v) is 3.28. The lowest BCUT2D eigenvalue weighted by Gasteiger charge is -2.18. The monoisotopic (exact) mass is 367 g/mol. The second-order valence-corrected chi connectivity index (χ2v) is 6.42. The van der Waals surface area contributed by atoms with E-state index >= 15 is 0 Å². The lowest BCUT2D eigenvalue weighted by Crippen LogP contribution is -2.27. The van der Waals surface area contributed by atoms with Crippen LogP contribution in [-0.2, 0) is 0 Å². The minimum absolute atomic E-state index is 0.106. The predicted octanol–water partition coefficient (Wildman–Crippen LogP) is 5.43. The summed E-state index contributed by atoms with van der Waals surface area (Å²) in [6.07, 6.45) is 0.700. The molecule has 26 heavy (non-hydrogen) atoms. The molecule has 0 unspecified atom stereocenters. The first-order valence-electron chi connectivity index (χ1n) is 8.49. The molecular formula is C22H19ClFNO. The highest BCUT2D eigenvalue weighted by atomic mass is 35.5. The molecule has 4 heteroatoms. The van der Waals surface area contributed by atoms with Gasteiger partial charge in [-0.2, -0.15) is 0 Å². The van der Waals surface area contributed by atoms with Crippen molar-refractivity contribution in [3.8, 4) is 0 Å². The molecule has 0 aromatic heterocycles. The van der Waals surface area contributed by atoms with Gasteiger partial charge in [0.1, 0.15) is 5.82 Å². The van der Waals surface area contributed by atoms with Crippen molar-refractivity contribution < 1.29 is 9.18 Å². The van der Waals surface area contributed by atoms with Gasteiger partial charge in [0, 0.05) is 12.5 Å². The number of carbonyl (C=O) groups excluding carboxylic acids is 1. The third kappa shape index (κ3) is 4.30. The van der Waals surface area contributed by atoms with E-state index in [1.54, 1.807) is 0 Å². The van der Waals surface area contributed by atoms with Gasteiger partial charge in [-0.25, -0.2) is 4.39 Å². The van der Waals surface area contributed by atoms with E-state index in [4.69, 9.17) is 11.6 Å². The van der Waals surface area contributed by atoms with Crippen molar-refractivity contribution in [2.75, 3.05) is 6.54 Å². The second-order valence-electron chi connectivity index (χ2n) is 6.02. The third-order valence-corrected chi connectivity index (χ3v) is 4.63. The number of hydrogen-bond acceptors (Lipinski definition) is 1. The Bertz CT molecular complexity index is 808. The summed E-state index contributed by atoms with van der Waals surface area (Å²) in [7, 11) is 0. The van der Waals surface area contributed by atoms with Gasteiger partial charge in [-0.05, 0) is 29.7 Å². The van der Waals surface area contributed by atoms with Crippen molar-refractivity contribution in [2.24, 2.45) is 0 Å². The highest BCUT2D eigenvalue weighted by Gasteiger charge is 2.17. The summed E-state index contributed by atoms with van der Waals surface area (Å²) in [5.74, 6) is -0.959. The van der Waals surface area contributed by atoms with Crippen LogP contribution in [0.5, 0.6) is 0 Å². The fourth-order valence-electron chi connectivity index (χ4n) is 3.03. The topological polar surface area (TPSA) is 29.1 Å². The summed E-state index contributed by atoms with van der Waals surface area (Å²) in [4.78, 5) is 12.3. The maximum absolute atomic E-state index is 13.9. The van der Waals surface area contributed by atoms with E-state index < -0.39 is 11.7 Å². The number of amides is 1. The molecule has 3 rings (SSSR count). The second kappa shape index (κ2) is 8.63. The van der Waals surface area contributed by atoms with Gasteiger partial charge in [-0.3, -0.25) is 4.79 Å². The van der Waals surface area contributed by atoms with Crippen LogP contribution < -0.4 is 5.32 Å². The van der Waals surface area contributed by atoms with Crippen molar-refractivity contribution in [3.63, 3.8) is 0 Å². The molecule has 0 saturated heterocycles. The van der Waals surface area contributed by atoms with E-state index in [1.807, 2.05) is 36.4 Å². The lowest BCUT2D eigenvalue weighted by atomic mass is 9.88. The Morgan fingerprint density at radius 3 is 2.00 bits per heavy atom. The molecule has 1 N–H and O–H groups in total. The van der Waals surface area contributed by atoms with Crippen LogP contribution >= 0.6 is 11.6 Å². The van der Waals surface area contributed by atoms with Crippen LogP contribution in [0.1, 0.15) is 33.8 Å². The maximum atomic E-state index is 13.9. The molecule has 0 fully saturated rings. The van der Waals surface area contributed by atoms with Crippen LogP contribution in [-0.4, -0.2) is 12.5 Å². The summed E-state index contributed by atoms with van der Waals surface area (Å²) in [5, 5.41) is 2.90. The molecule has 132 valence electrons. The number of nitrogens with one attached hydrogen (secondary N) is 1. The van der Waals surface area contributed by atoms with Gasteiger partial charge < -0.3 is 5.32 Å². The predicted molar refractivity (Wildman–Crippen MR) is 103 cm³/mol. The number of carbonyl (C=O) groups is 1. The van der Waals surface area contributed by atoms with Crippen LogP contribution in [0.2, 0.25) is 5.02 Å². The van der Waals surface area contributed by atoms with Gasteiger partial charge in [0.05, 0.1) is 10.6 Å². The third-order valence-electron chi connectivity index (χ3n) is 4.31. The average Bonchev–Trinajstić information content (AvgIpc) is 2.66. The van der Waals surface area contributed by atoms with Crippen molar-refractivity contribution in [1.29, 1.82) is 0 Å². The molecule has 0 aliphatic carbocycles. The molecule has 0 radical (unpaired) electrons. The normalized spacial score (nSPS) is 10.7. The quantitative estimate of drug-likeness (QED) is 0.618. The standard InChI is InChI=1S/C22H19ClFNO/c23-19-12-7-13-20(24)21(19)22(26)25-15-14-18(16-8-3-1-4-9-16)17-10-5-2-6-11-17/h1-13,18H,14-15H2,(H,25,26). The van der Waals surface area contributed by atoms with Crippen molar-refractivity contribution >= 4 is 17.5 Å². The lowest BCUT2D eigenvalue weighted by molar-refractivity contribution is 0.0949. The first kappa shape index (κ1) is 18.2. The van der Waals surface area contributed by atoms with Gasteiger partial charge in [0.15, 0.2) is 0 Å². The van der Waals surface area contributed by atoms with E-state index in [0.29, 0.717) is 13.0 Å². The average molecular weight is 368 g/mol. The minimum Gasteiger partial charge on any atom is -0.352 e. The molecule has 0 bridgehead atoms. The Kier molecular flexibility index (Phi) is 6.03. The highest BCUT2D eigenvalue weighted by Crippen LogP contribution is 2.27. The molecule has 1 amide bonds. The first-order valence-corrected chi connectivity index (χ1v) is 8.86. The van der Waals surface area contributed by atoms with Gasteiger partial charge >= 0.3 is 0 Å². The Hall–Kier alpha value is -2.65. The van der Waals surface area contributed by atoms with E-state index in [-0.39, 0.29) is 16.5 Å². The van der Waals surface area contributed by atoms with E-state index in [0.717, 1.165) is 0 Å². The van der Waals surface area contributed by atoms with Gasteiger partial charge in [0.2, 0.25) is 0 Å². The maximum Gasteiger partial charge on any atom is 0.255 e. The van der Waals surface area contributed by atoms with E-state index in [2.05, 4.69) is 29.6 Å². The highest BCUT2D eigenvalue weighted by molar-refractivity contribution is 6.33. The Labute approximate surface area is 157 Å². The van der Waals surface area contributed by atoms with E-state index in [1.165, 1.54) is 29.3 Å². The number of rotatable bonds is 6. The van der Waals surface area contributed by atoms with Gasteiger partial charge in [-0.1, -0.05) is 78.3 Å². The van der Waals surface area contributed by atoms with E-state index in [9.17, 15) is 9.18 Å².